The van der Waals surface area contributed by atoms with Crippen LogP contribution >= 0.6 is 0 Å². The molecule has 26 heavy (non-hydrogen) atoms. The third-order valence-electron chi connectivity index (χ3n) is 6.00. The molecule has 0 aromatic carbocycles. The summed E-state index contributed by atoms with van der Waals surface area (Å²) in [5, 5.41) is 30.2. The number of aliphatic hydroxyl groups excluding tert-OH is 2. The van der Waals surface area contributed by atoms with E-state index in [-0.39, 0.29) is 29.9 Å². The minimum atomic E-state index is -1.48. The molecule has 142 valence electrons. The average Bonchev–Trinajstić information content (AvgIpc) is 2.94. The predicted octanol–water partition coefficient (Wildman–Crippen LogP) is 0.252. The van der Waals surface area contributed by atoms with Crippen LogP contribution < -0.4 is 0 Å². The third kappa shape index (κ3) is 2.71. The highest BCUT2D eigenvalue weighted by Crippen LogP contribution is 2.54. The van der Waals surface area contributed by atoms with E-state index >= 15 is 0 Å². The van der Waals surface area contributed by atoms with E-state index in [1.807, 2.05) is 0 Å². The number of hydrogen-bond donors (Lipinski definition) is 3. The summed E-state index contributed by atoms with van der Waals surface area (Å²) >= 11 is 0. The highest BCUT2D eigenvalue weighted by atomic mass is 16.6. The van der Waals surface area contributed by atoms with Gasteiger partial charge in [0.1, 0.15) is 12.2 Å². The highest BCUT2D eigenvalue weighted by Gasteiger charge is 2.62. The Labute approximate surface area is 151 Å². The van der Waals surface area contributed by atoms with Gasteiger partial charge in [0.15, 0.2) is 0 Å². The van der Waals surface area contributed by atoms with E-state index in [2.05, 4.69) is 19.7 Å². The first kappa shape index (κ1) is 18.8. The fourth-order valence-electron chi connectivity index (χ4n) is 4.51. The van der Waals surface area contributed by atoms with Crippen molar-refractivity contribution in [2.24, 2.45) is 17.8 Å². The van der Waals surface area contributed by atoms with Gasteiger partial charge < -0.3 is 24.8 Å². The largest absolute Gasteiger partial charge is 0.458 e. The lowest BCUT2D eigenvalue weighted by atomic mass is 9.76. The molecule has 1 heterocycles. The first-order valence-corrected chi connectivity index (χ1v) is 8.57. The van der Waals surface area contributed by atoms with Crippen molar-refractivity contribution in [3.05, 3.63) is 36.5 Å². The molecule has 3 aliphatic rings. The number of fused-ring (bicyclic) bond motifs is 3. The van der Waals surface area contributed by atoms with Gasteiger partial charge in [0.2, 0.25) is 0 Å². The zero-order valence-electron chi connectivity index (χ0n) is 14.7. The van der Waals surface area contributed by atoms with Crippen LogP contribution in [0.1, 0.15) is 19.8 Å². The molecule has 2 saturated carbocycles. The molecule has 3 fully saturated rings. The Morgan fingerprint density at radius 1 is 1.42 bits per heavy atom. The van der Waals surface area contributed by atoms with E-state index < -0.39 is 54.3 Å². The summed E-state index contributed by atoms with van der Waals surface area (Å²) in [5.41, 5.74) is -0.713. The summed E-state index contributed by atoms with van der Waals surface area (Å²) in [5.74, 6) is -2.90. The van der Waals surface area contributed by atoms with Gasteiger partial charge in [0, 0.05) is 17.9 Å². The second-order valence-corrected chi connectivity index (χ2v) is 7.60. The van der Waals surface area contributed by atoms with Crippen LogP contribution in [0, 0.1) is 17.8 Å². The molecule has 0 spiro atoms. The number of carbonyl (C=O) groups excluding carboxylic acids is 2. The minimum Gasteiger partial charge on any atom is -0.458 e. The fraction of sp³-hybridized carbons (Fsp3) is 0.579. The van der Waals surface area contributed by atoms with Gasteiger partial charge in [0.05, 0.1) is 29.8 Å². The van der Waals surface area contributed by atoms with Crippen molar-refractivity contribution < 1.29 is 34.4 Å². The number of ether oxygens (including phenoxy) is 2. The average molecular weight is 364 g/mol. The summed E-state index contributed by atoms with van der Waals surface area (Å²) in [6.45, 7) is 12.3. The fourth-order valence-corrected chi connectivity index (χ4v) is 4.51. The monoisotopic (exact) mass is 364 g/mol. The molecule has 0 aromatic rings. The van der Waals surface area contributed by atoms with E-state index in [4.69, 9.17) is 14.6 Å². The molecule has 7 heteroatoms. The number of hydrogen-bond acceptors (Lipinski definition) is 7. The van der Waals surface area contributed by atoms with Crippen LogP contribution in [0.25, 0.3) is 0 Å². The second kappa shape index (κ2) is 6.33. The molecule has 0 bridgehead atoms. The molecule has 7 atom stereocenters. The van der Waals surface area contributed by atoms with Gasteiger partial charge in [-0.1, -0.05) is 25.3 Å². The Morgan fingerprint density at radius 3 is 2.69 bits per heavy atom. The normalized spacial score (nSPS) is 41.9. The summed E-state index contributed by atoms with van der Waals surface area (Å²) in [4.78, 5) is 24.3. The lowest BCUT2D eigenvalue weighted by molar-refractivity contribution is -0.155. The maximum atomic E-state index is 12.2. The van der Waals surface area contributed by atoms with E-state index in [0.29, 0.717) is 5.57 Å². The van der Waals surface area contributed by atoms with Crippen LogP contribution in [0.2, 0.25) is 0 Å². The summed E-state index contributed by atoms with van der Waals surface area (Å²) in [6.07, 6.45) is -2.01. The Morgan fingerprint density at radius 2 is 2.08 bits per heavy atom. The predicted molar refractivity (Wildman–Crippen MR) is 90.6 cm³/mol. The maximum absolute atomic E-state index is 12.2. The molecule has 0 amide bonds. The molecule has 0 unspecified atom stereocenters. The van der Waals surface area contributed by atoms with Gasteiger partial charge in [-0.25, -0.2) is 9.59 Å². The first-order chi connectivity index (χ1) is 12.1. The van der Waals surface area contributed by atoms with Gasteiger partial charge >= 0.3 is 11.9 Å². The molecule has 3 rings (SSSR count). The zero-order chi connectivity index (χ0) is 19.4. The van der Waals surface area contributed by atoms with Gasteiger partial charge in [-0.2, -0.15) is 0 Å². The van der Waals surface area contributed by atoms with Crippen molar-refractivity contribution >= 4 is 11.9 Å². The molecule has 1 aliphatic heterocycles. The standard InChI is InChI=1S/C19H24O7/c1-8-5-12(25-17(22)9(2)7-20)14-10(3)18(23)26-16(14)15-11(8)6-13(21)19(15,4)24/h11-16,20-21,24H,1-3,5-7H2,4H3/t11-,12+,13+,14-,15-,16+,19-/m0/s1. The summed E-state index contributed by atoms with van der Waals surface area (Å²) in [6, 6.07) is 0. The van der Waals surface area contributed by atoms with Crippen LogP contribution in [-0.2, 0) is 19.1 Å². The van der Waals surface area contributed by atoms with Crippen molar-refractivity contribution in [1.29, 1.82) is 0 Å². The second-order valence-electron chi connectivity index (χ2n) is 7.60. The Kier molecular flexibility index (Phi) is 4.58. The SMILES string of the molecule is C=C(CO)C(=O)O[C@@H]1CC(=C)[C@@H]2C[C@@H](O)[C@](C)(O)[C@@H]2[C@@H]2OC(=O)C(=C)[C@H]21. The van der Waals surface area contributed by atoms with Gasteiger partial charge in [-0.05, 0) is 19.3 Å². The minimum absolute atomic E-state index is 0.102. The maximum Gasteiger partial charge on any atom is 0.336 e. The molecule has 0 radical (unpaired) electrons. The highest BCUT2D eigenvalue weighted by molar-refractivity contribution is 5.92. The van der Waals surface area contributed by atoms with Crippen molar-refractivity contribution in [3.63, 3.8) is 0 Å². The quantitative estimate of drug-likeness (QED) is 0.374. The number of esters is 2. The van der Waals surface area contributed by atoms with Crippen LogP contribution in [-0.4, -0.2) is 57.8 Å². The smallest absolute Gasteiger partial charge is 0.336 e. The lowest BCUT2D eigenvalue weighted by Gasteiger charge is -2.35. The molecule has 1 saturated heterocycles. The Hall–Kier alpha value is -1.96. The number of aliphatic hydroxyl groups is 3. The van der Waals surface area contributed by atoms with Crippen LogP contribution in [0.4, 0.5) is 0 Å². The molecule has 0 aromatic heterocycles. The van der Waals surface area contributed by atoms with E-state index in [0.717, 1.165) is 0 Å². The topological polar surface area (TPSA) is 113 Å². The molecule has 2 aliphatic carbocycles. The van der Waals surface area contributed by atoms with E-state index in [1.54, 1.807) is 0 Å². The van der Waals surface area contributed by atoms with Crippen LogP contribution in [0.3, 0.4) is 0 Å². The van der Waals surface area contributed by atoms with Gasteiger partial charge in [-0.3, -0.25) is 0 Å². The number of rotatable bonds is 3. The van der Waals surface area contributed by atoms with E-state index in [9.17, 15) is 19.8 Å². The lowest BCUT2D eigenvalue weighted by Crippen LogP contribution is -2.48. The van der Waals surface area contributed by atoms with Gasteiger partial charge in [-0.15, -0.1) is 0 Å². The molecule has 3 N–H and O–H groups in total. The Balaban J connectivity index is 1.99. The van der Waals surface area contributed by atoms with E-state index in [1.165, 1.54) is 6.92 Å². The van der Waals surface area contributed by atoms with Crippen molar-refractivity contribution in [2.75, 3.05) is 6.61 Å². The summed E-state index contributed by atoms with van der Waals surface area (Å²) in [7, 11) is 0. The van der Waals surface area contributed by atoms with Crippen LogP contribution in [0.5, 0.6) is 0 Å². The van der Waals surface area contributed by atoms with Gasteiger partial charge in [0.25, 0.3) is 0 Å². The number of carbonyl (C=O) groups is 2. The summed E-state index contributed by atoms with van der Waals surface area (Å²) < 4.78 is 11.0. The van der Waals surface area contributed by atoms with Crippen LogP contribution in [0.15, 0.2) is 36.5 Å². The first-order valence-electron chi connectivity index (χ1n) is 8.57. The zero-order valence-corrected chi connectivity index (χ0v) is 14.7. The van der Waals surface area contributed by atoms with Crippen molar-refractivity contribution in [1.82, 2.24) is 0 Å². The Bertz CT molecular complexity index is 692. The third-order valence-corrected chi connectivity index (χ3v) is 6.00. The van der Waals surface area contributed by atoms with Crippen molar-refractivity contribution in [3.8, 4) is 0 Å². The molecular weight excluding hydrogens is 340 g/mol. The van der Waals surface area contributed by atoms with Crippen molar-refractivity contribution in [2.45, 2.75) is 43.7 Å². The molecule has 7 nitrogen and oxygen atoms in total. The molecular formula is C19H24O7.